The highest BCUT2D eigenvalue weighted by molar-refractivity contribution is 5.78. The Morgan fingerprint density at radius 2 is 1.72 bits per heavy atom. The van der Waals surface area contributed by atoms with Crippen LogP contribution in [0.3, 0.4) is 0 Å². The summed E-state index contributed by atoms with van der Waals surface area (Å²) in [5.74, 6) is 1.14. The maximum absolute atomic E-state index is 12.0. The maximum Gasteiger partial charge on any atom is 0.225 e. The molecular formula is C20H39N3O2. The maximum atomic E-state index is 12.0. The minimum absolute atomic E-state index is 0.0870. The largest absolute Gasteiger partial charge is 0.377 e. The molecule has 0 bridgehead atoms. The van der Waals surface area contributed by atoms with Crippen LogP contribution in [0.1, 0.15) is 47.0 Å². The molecule has 1 saturated heterocycles. The zero-order chi connectivity index (χ0) is 18.4. The van der Waals surface area contributed by atoms with E-state index >= 15 is 0 Å². The van der Waals surface area contributed by atoms with Crippen LogP contribution >= 0.6 is 0 Å². The van der Waals surface area contributed by atoms with E-state index in [1.54, 1.807) is 0 Å². The number of amides is 1. The van der Waals surface area contributed by atoms with Gasteiger partial charge in [0, 0.05) is 58.3 Å². The van der Waals surface area contributed by atoms with Gasteiger partial charge in [0.25, 0.3) is 0 Å². The third-order valence-corrected chi connectivity index (χ3v) is 5.95. The van der Waals surface area contributed by atoms with Crippen LogP contribution in [0.4, 0.5) is 0 Å². The second-order valence-electron chi connectivity index (χ2n) is 8.38. The first-order valence-electron chi connectivity index (χ1n) is 10.2. The molecule has 0 aromatic heterocycles. The average Bonchev–Trinajstić information content (AvgIpc) is 2.56. The lowest BCUT2D eigenvalue weighted by molar-refractivity contribution is -0.140. The number of carbonyl (C=O) groups excluding carboxylic acids is 1. The Balaban J connectivity index is 1.53. The van der Waals surface area contributed by atoms with Crippen molar-refractivity contribution in [2.75, 3.05) is 52.9 Å². The molecule has 25 heavy (non-hydrogen) atoms. The molecule has 2 fully saturated rings. The zero-order valence-corrected chi connectivity index (χ0v) is 17.0. The smallest absolute Gasteiger partial charge is 0.225 e. The molecule has 1 atom stereocenters. The van der Waals surface area contributed by atoms with Crippen molar-refractivity contribution in [3.63, 3.8) is 0 Å². The Bertz CT molecular complexity index is 402. The fraction of sp³-hybridized carbons (Fsp3) is 0.950. The van der Waals surface area contributed by atoms with Crippen LogP contribution in [-0.4, -0.2) is 85.7 Å². The fourth-order valence-corrected chi connectivity index (χ4v) is 3.69. The van der Waals surface area contributed by atoms with Crippen LogP contribution in [-0.2, 0) is 9.53 Å². The van der Waals surface area contributed by atoms with Crippen molar-refractivity contribution in [3.05, 3.63) is 0 Å². The summed E-state index contributed by atoms with van der Waals surface area (Å²) in [6.45, 7) is 16.4. The second-order valence-corrected chi connectivity index (χ2v) is 8.38. The fourth-order valence-electron chi connectivity index (χ4n) is 3.69. The molecule has 1 aliphatic carbocycles. The molecule has 5 nitrogen and oxygen atoms in total. The summed E-state index contributed by atoms with van der Waals surface area (Å²) in [4.78, 5) is 19.0. The van der Waals surface area contributed by atoms with Crippen molar-refractivity contribution < 1.29 is 9.53 Å². The summed E-state index contributed by atoms with van der Waals surface area (Å²) in [7, 11) is 1.93. The quantitative estimate of drug-likeness (QED) is 0.637. The van der Waals surface area contributed by atoms with Crippen LogP contribution in [0.15, 0.2) is 0 Å². The standard InChI is InChI=1S/C20H39N3O2/c1-6-17(4)15-23-9-7-22(8-10-23)11-12-25-19-13-18(14-19)21(5)20(24)16(2)3/h16-19H,6-15H2,1-5H3. The van der Waals surface area contributed by atoms with Crippen molar-refractivity contribution in [1.29, 1.82) is 0 Å². The number of piperazine rings is 1. The molecule has 0 spiro atoms. The highest BCUT2D eigenvalue weighted by atomic mass is 16.5. The number of ether oxygens (including phenoxy) is 1. The molecule has 1 aliphatic heterocycles. The van der Waals surface area contributed by atoms with E-state index in [4.69, 9.17) is 4.74 Å². The lowest BCUT2D eigenvalue weighted by Crippen LogP contribution is -2.51. The lowest BCUT2D eigenvalue weighted by Gasteiger charge is -2.42. The van der Waals surface area contributed by atoms with Crippen molar-refractivity contribution in [3.8, 4) is 0 Å². The van der Waals surface area contributed by atoms with E-state index in [2.05, 4.69) is 23.6 Å². The summed E-state index contributed by atoms with van der Waals surface area (Å²) >= 11 is 0. The summed E-state index contributed by atoms with van der Waals surface area (Å²) in [6, 6.07) is 0.379. The van der Waals surface area contributed by atoms with Crippen molar-refractivity contribution >= 4 is 5.91 Å². The minimum Gasteiger partial charge on any atom is -0.377 e. The third-order valence-electron chi connectivity index (χ3n) is 5.95. The molecule has 1 heterocycles. The van der Waals surface area contributed by atoms with Crippen molar-refractivity contribution in [2.45, 2.75) is 59.1 Å². The van der Waals surface area contributed by atoms with Gasteiger partial charge >= 0.3 is 0 Å². The Morgan fingerprint density at radius 3 is 2.28 bits per heavy atom. The van der Waals surface area contributed by atoms with E-state index in [-0.39, 0.29) is 11.8 Å². The predicted octanol–water partition coefficient (Wildman–Crippen LogP) is 2.31. The van der Waals surface area contributed by atoms with Crippen LogP contribution in [0, 0.1) is 11.8 Å². The Morgan fingerprint density at radius 1 is 1.12 bits per heavy atom. The highest BCUT2D eigenvalue weighted by Crippen LogP contribution is 2.28. The number of nitrogens with zero attached hydrogens (tertiary/aromatic N) is 3. The van der Waals surface area contributed by atoms with Crippen LogP contribution in [0.5, 0.6) is 0 Å². The van der Waals surface area contributed by atoms with E-state index in [1.165, 1.54) is 39.1 Å². The van der Waals surface area contributed by atoms with Gasteiger partial charge in [-0.05, 0) is 18.8 Å². The molecule has 1 unspecified atom stereocenters. The lowest BCUT2D eigenvalue weighted by atomic mass is 9.87. The first-order chi connectivity index (χ1) is 11.9. The Hall–Kier alpha value is -0.650. The van der Waals surface area contributed by atoms with Gasteiger partial charge in [-0.1, -0.05) is 34.1 Å². The topological polar surface area (TPSA) is 36.0 Å². The van der Waals surface area contributed by atoms with Crippen molar-refractivity contribution in [2.24, 2.45) is 11.8 Å². The van der Waals surface area contributed by atoms with Gasteiger partial charge in [-0.2, -0.15) is 0 Å². The van der Waals surface area contributed by atoms with Gasteiger partial charge in [0.1, 0.15) is 0 Å². The molecule has 0 N–H and O–H groups in total. The van der Waals surface area contributed by atoms with Gasteiger partial charge in [-0.3, -0.25) is 9.69 Å². The van der Waals surface area contributed by atoms with Gasteiger partial charge in [0.05, 0.1) is 12.7 Å². The molecule has 146 valence electrons. The van der Waals surface area contributed by atoms with E-state index in [9.17, 15) is 4.79 Å². The number of rotatable bonds is 9. The molecule has 0 aromatic rings. The Labute approximate surface area is 154 Å². The average molecular weight is 354 g/mol. The van der Waals surface area contributed by atoms with Crippen LogP contribution in [0.25, 0.3) is 0 Å². The molecule has 1 amide bonds. The van der Waals surface area contributed by atoms with Gasteiger partial charge in [0.15, 0.2) is 0 Å². The van der Waals surface area contributed by atoms with E-state index in [1.807, 2.05) is 25.8 Å². The number of hydrogen-bond donors (Lipinski definition) is 0. The first kappa shape index (κ1) is 20.7. The molecular weight excluding hydrogens is 314 g/mol. The minimum atomic E-state index is 0.0870. The van der Waals surface area contributed by atoms with Crippen LogP contribution < -0.4 is 0 Å². The zero-order valence-electron chi connectivity index (χ0n) is 17.0. The second kappa shape index (κ2) is 9.89. The predicted molar refractivity (Wildman–Crippen MR) is 103 cm³/mol. The van der Waals surface area contributed by atoms with E-state index < -0.39 is 0 Å². The van der Waals surface area contributed by atoms with E-state index in [0.29, 0.717) is 12.1 Å². The molecule has 2 aliphatic rings. The Kier molecular flexibility index (Phi) is 8.17. The summed E-state index contributed by atoms with van der Waals surface area (Å²) in [6.07, 6.45) is 3.61. The van der Waals surface area contributed by atoms with Crippen LogP contribution in [0.2, 0.25) is 0 Å². The highest BCUT2D eigenvalue weighted by Gasteiger charge is 2.35. The number of carbonyl (C=O) groups is 1. The number of hydrogen-bond acceptors (Lipinski definition) is 4. The molecule has 5 heteroatoms. The first-order valence-corrected chi connectivity index (χ1v) is 10.2. The SMILES string of the molecule is CCC(C)CN1CCN(CCOC2CC(N(C)C(=O)C(C)C)C2)CC1. The van der Waals surface area contributed by atoms with Crippen molar-refractivity contribution in [1.82, 2.24) is 14.7 Å². The summed E-state index contributed by atoms with van der Waals surface area (Å²) < 4.78 is 6.02. The molecule has 0 aromatic carbocycles. The molecule has 0 radical (unpaired) electrons. The van der Waals surface area contributed by atoms with Gasteiger partial charge in [-0.15, -0.1) is 0 Å². The third kappa shape index (κ3) is 6.22. The van der Waals surface area contributed by atoms with Gasteiger partial charge in [-0.25, -0.2) is 0 Å². The normalized spacial score (nSPS) is 26.5. The summed E-state index contributed by atoms with van der Waals surface area (Å²) in [5.41, 5.74) is 0. The summed E-state index contributed by atoms with van der Waals surface area (Å²) in [5, 5.41) is 0. The molecule has 1 saturated carbocycles. The molecule has 2 rings (SSSR count). The monoisotopic (exact) mass is 353 g/mol. The van der Waals surface area contributed by atoms with Gasteiger partial charge in [0.2, 0.25) is 5.91 Å². The van der Waals surface area contributed by atoms with E-state index in [0.717, 1.165) is 31.9 Å². The van der Waals surface area contributed by atoms with Gasteiger partial charge < -0.3 is 14.5 Å².